The number of carbonyl (C=O) groups excluding carboxylic acids is 1. The van der Waals surface area contributed by atoms with Gasteiger partial charge in [-0.15, -0.1) is 0 Å². The predicted octanol–water partition coefficient (Wildman–Crippen LogP) is 3.80. The fourth-order valence-corrected chi connectivity index (χ4v) is 2.89. The second-order valence-electron chi connectivity index (χ2n) is 6.11. The number of carbonyl (C=O) groups is 1. The number of primary amides is 1. The minimum atomic E-state index is -0.406. The summed E-state index contributed by atoms with van der Waals surface area (Å²) >= 11 is 0. The number of methoxy groups -OCH3 is 1. The Balaban J connectivity index is 1.75. The molecule has 128 valence electrons. The molecule has 1 unspecified atom stereocenters. The van der Waals surface area contributed by atoms with Crippen LogP contribution in [0.4, 0.5) is 0 Å². The third-order valence-corrected chi connectivity index (χ3v) is 4.42. The third kappa shape index (κ3) is 3.80. The van der Waals surface area contributed by atoms with Crippen LogP contribution in [0, 0.1) is 0 Å². The first-order valence-electron chi connectivity index (χ1n) is 8.27. The maximum Gasteiger partial charge on any atom is 0.248 e. The number of hydrogen-bond donors (Lipinski definition) is 2. The Kier molecular flexibility index (Phi) is 5.00. The second kappa shape index (κ2) is 7.36. The molecular weight excluding hydrogens is 312 g/mol. The van der Waals surface area contributed by atoms with Gasteiger partial charge < -0.3 is 15.8 Å². The van der Waals surface area contributed by atoms with Gasteiger partial charge in [0.05, 0.1) is 7.11 Å². The third-order valence-electron chi connectivity index (χ3n) is 4.42. The van der Waals surface area contributed by atoms with Crippen LogP contribution in [-0.2, 0) is 6.54 Å². The molecule has 3 aromatic carbocycles. The summed E-state index contributed by atoms with van der Waals surface area (Å²) in [6.45, 7) is 2.83. The van der Waals surface area contributed by atoms with E-state index in [-0.39, 0.29) is 6.04 Å². The molecule has 0 saturated heterocycles. The molecule has 3 rings (SSSR count). The van der Waals surface area contributed by atoms with Crippen LogP contribution in [0.1, 0.15) is 34.5 Å². The van der Waals surface area contributed by atoms with Crippen molar-refractivity contribution in [2.24, 2.45) is 5.73 Å². The molecule has 0 aliphatic carbocycles. The molecular formula is C21H22N2O2. The highest BCUT2D eigenvalue weighted by atomic mass is 16.5. The number of nitrogens with one attached hydrogen (secondary N) is 1. The van der Waals surface area contributed by atoms with Crippen molar-refractivity contribution in [3.05, 3.63) is 77.4 Å². The van der Waals surface area contributed by atoms with Crippen LogP contribution < -0.4 is 15.8 Å². The van der Waals surface area contributed by atoms with Crippen molar-refractivity contribution < 1.29 is 9.53 Å². The highest BCUT2D eigenvalue weighted by Gasteiger charge is 2.10. The number of amides is 1. The van der Waals surface area contributed by atoms with Crippen molar-refractivity contribution in [1.29, 1.82) is 0 Å². The molecule has 4 nitrogen and oxygen atoms in total. The van der Waals surface area contributed by atoms with Gasteiger partial charge in [-0.2, -0.15) is 0 Å². The Bertz CT molecular complexity index is 888. The molecule has 4 heteroatoms. The standard InChI is InChI=1S/C21H22N2O2/c1-14(23-13-15-7-9-16(10-8-15)21(22)24)18-11-17-5-3-4-6-19(17)20(12-18)25-2/h3-12,14,23H,13H2,1-2H3,(H2,22,24). The summed E-state index contributed by atoms with van der Waals surface area (Å²) in [5.74, 6) is 0.476. The minimum Gasteiger partial charge on any atom is -0.496 e. The molecule has 0 aliphatic rings. The normalized spacial score (nSPS) is 12.1. The lowest BCUT2D eigenvalue weighted by Crippen LogP contribution is -2.18. The summed E-state index contributed by atoms with van der Waals surface area (Å²) < 4.78 is 5.55. The van der Waals surface area contributed by atoms with Crippen molar-refractivity contribution in [2.75, 3.05) is 7.11 Å². The van der Waals surface area contributed by atoms with E-state index in [9.17, 15) is 4.79 Å². The Hall–Kier alpha value is -2.85. The van der Waals surface area contributed by atoms with Crippen LogP contribution >= 0.6 is 0 Å². The minimum absolute atomic E-state index is 0.161. The topological polar surface area (TPSA) is 64.3 Å². The van der Waals surface area contributed by atoms with Crippen LogP contribution in [-0.4, -0.2) is 13.0 Å². The molecule has 3 N–H and O–H groups in total. The number of ether oxygens (including phenoxy) is 1. The van der Waals surface area contributed by atoms with E-state index < -0.39 is 5.91 Å². The fourth-order valence-electron chi connectivity index (χ4n) is 2.89. The van der Waals surface area contributed by atoms with Gasteiger partial charge in [0.1, 0.15) is 5.75 Å². The zero-order valence-electron chi connectivity index (χ0n) is 14.5. The molecule has 25 heavy (non-hydrogen) atoms. The Morgan fingerprint density at radius 2 is 1.84 bits per heavy atom. The lowest BCUT2D eigenvalue weighted by Gasteiger charge is -2.17. The van der Waals surface area contributed by atoms with Gasteiger partial charge in [0.2, 0.25) is 5.91 Å². The first kappa shape index (κ1) is 17.0. The molecule has 1 atom stereocenters. The van der Waals surface area contributed by atoms with E-state index in [4.69, 9.17) is 10.5 Å². The van der Waals surface area contributed by atoms with Crippen molar-refractivity contribution in [1.82, 2.24) is 5.32 Å². The Morgan fingerprint density at radius 3 is 2.52 bits per heavy atom. The van der Waals surface area contributed by atoms with E-state index in [0.717, 1.165) is 22.1 Å². The van der Waals surface area contributed by atoms with Gasteiger partial charge in [-0.05, 0) is 47.7 Å². The molecule has 0 radical (unpaired) electrons. The SMILES string of the molecule is COc1cc(C(C)NCc2ccc(C(N)=O)cc2)cc2ccccc12. The quantitative estimate of drug-likeness (QED) is 0.721. The van der Waals surface area contributed by atoms with Gasteiger partial charge in [0.15, 0.2) is 0 Å². The van der Waals surface area contributed by atoms with E-state index in [2.05, 4.69) is 36.5 Å². The maximum absolute atomic E-state index is 11.1. The molecule has 0 spiro atoms. The first-order chi connectivity index (χ1) is 12.1. The van der Waals surface area contributed by atoms with Gasteiger partial charge in [-0.3, -0.25) is 4.79 Å². The van der Waals surface area contributed by atoms with Crippen molar-refractivity contribution >= 4 is 16.7 Å². The molecule has 0 aromatic heterocycles. The van der Waals surface area contributed by atoms with Gasteiger partial charge in [-0.25, -0.2) is 0 Å². The summed E-state index contributed by atoms with van der Waals surface area (Å²) in [4.78, 5) is 11.1. The van der Waals surface area contributed by atoms with Gasteiger partial charge in [0, 0.05) is 23.5 Å². The second-order valence-corrected chi connectivity index (χ2v) is 6.11. The van der Waals surface area contributed by atoms with E-state index in [1.54, 1.807) is 19.2 Å². The molecule has 0 fully saturated rings. The van der Waals surface area contributed by atoms with Crippen LogP contribution in [0.15, 0.2) is 60.7 Å². The van der Waals surface area contributed by atoms with Crippen molar-refractivity contribution in [2.45, 2.75) is 19.5 Å². The summed E-state index contributed by atoms with van der Waals surface area (Å²) in [7, 11) is 1.70. The molecule has 1 amide bonds. The lowest BCUT2D eigenvalue weighted by molar-refractivity contribution is 0.100. The number of rotatable bonds is 6. The maximum atomic E-state index is 11.1. The largest absolute Gasteiger partial charge is 0.496 e. The summed E-state index contributed by atoms with van der Waals surface area (Å²) in [6, 6.07) is 20.0. The molecule has 3 aromatic rings. The van der Waals surface area contributed by atoms with E-state index >= 15 is 0 Å². The number of fused-ring (bicyclic) bond motifs is 1. The predicted molar refractivity (Wildman–Crippen MR) is 101 cm³/mol. The molecule has 0 heterocycles. The average Bonchev–Trinajstić information content (AvgIpc) is 2.65. The highest BCUT2D eigenvalue weighted by Crippen LogP contribution is 2.30. The first-order valence-corrected chi connectivity index (χ1v) is 8.27. The van der Waals surface area contributed by atoms with E-state index in [1.807, 2.05) is 24.3 Å². The molecule has 0 aliphatic heterocycles. The number of benzene rings is 3. The van der Waals surface area contributed by atoms with Gasteiger partial charge in [-0.1, -0.05) is 36.4 Å². The van der Waals surface area contributed by atoms with Crippen LogP contribution in [0.2, 0.25) is 0 Å². The smallest absolute Gasteiger partial charge is 0.248 e. The van der Waals surface area contributed by atoms with Crippen molar-refractivity contribution in [3.8, 4) is 5.75 Å². The molecule has 0 saturated carbocycles. The highest BCUT2D eigenvalue weighted by molar-refractivity contribution is 5.92. The van der Waals surface area contributed by atoms with Crippen molar-refractivity contribution in [3.63, 3.8) is 0 Å². The fraction of sp³-hybridized carbons (Fsp3) is 0.190. The van der Waals surface area contributed by atoms with E-state index in [1.165, 1.54) is 5.56 Å². The lowest BCUT2D eigenvalue weighted by atomic mass is 10.0. The zero-order chi connectivity index (χ0) is 17.8. The van der Waals surface area contributed by atoms with Crippen LogP contribution in [0.3, 0.4) is 0 Å². The van der Waals surface area contributed by atoms with Crippen LogP contribution in [0.5, 0.6) is 5.75 Å². The number of hydrogen-bond acceptors (Lipinski definition) is 3. The molecule has 0 bridgehead atoms. The monoisotopic (exact) mass is 334 g/mol. The summed E-state index contributed by atoms with van der Waals surface area (Å²) in [5.41, 5.74) is 8.06. The number of nitrogens with two attached hydrogens (primary N) is 1. The zero-order valence-corrected chi connectivity index (χ0v) is 14.5. The van der Waals surface area contributed by atoms with Gasteiger partial charge in [0.25, 0.3) is 0 Å². The summed E-state index contributed by atoms with van der Waals surface area (Å²) in [5, 5.41) is 5.79. The van der Waals surface area contributed by atoms with Crippen LogP contribution in [0.25, 0.3) is 10.8 Å². The van der Waals surface area contributed by atoms with E-state index in [0.29, 0.717) is 12.1 Å². The Morgan fingerprint density at radius 1 is 1.12 bits per heavy atom. The van der Waals surface area contributed by atoms with Gasteiger partial charge >= 0.3 is 0 Å². The Labute approximate surface area is 147 Å². The summed E-state index contributed by atoms with van der Waals surface area (Å²) in [6.07, 6.45) is 0. The average molecular weight is 334 g/mol.